The minimum atomic E-state index is -0.0808. The molecule has 4 heteroatoms. The molecule has 0 aliphatic carbocycles. The topological polar surface area (TPSA) is 32.3 Å². The minimum Gasteiger partial charge on any atom is -0.321 e. The predicted molar refractivity (Wildman–Crippen MR) is 115 cm³/mol. The molecule has 2 unspecified atom stereocenters. The fourth-order valence-corrected chi connectivity index (χ4v) is 3.39. The number of nitrogens with zero attached hydrogens (tertiary/aromatic N) is 1. The van der Waals surface area contributed by atoms with Gasteiger partial charge in [0.2, 0.25) is 0 Å². The van der Waals surface area contributed by atoms with Gasteiger partial charge in [0.05, 0.1) is 11.7 Å². The number of carbonyl (C=O) groups excluding carboxylic acids is 1. The highest BCUT2D eigenvalue weighted by Gasteiger charge is 2.21. The number of hydrogen-bond acceptors (Lipinski definition) is 1. The van der Waals surface area contributed by atoms with Gasteiger partial charge in [0, 0.05) is 11.0 Å². The van der Waals surface area contributed by atoms with Crippen molar-refractivity contribution in [1.29, 1.82) is 0 Å². The van der Waals surface area contributed by atoms with Crippen molar-refractivity contribution < 1.29 is 4.79 Å². The summed E-state index contributed by atoms with van der Waals surface area (Å²) in [5.41, 5.74) is 4.42. The van der Waals surface area contributed by atoms with Gasteiger partial charge in [-0.05, 0) is 36.5 Å². The van der Waals surface area contributed by atoms with Crippen molar-refractivity contribution in [2.24, 2.45) is 0 Å². The third-order valence-electron chi connectivity index (χ3n) is 4.59. The summed E-state index contributed by atoms with van der Waals surface area (Å²) >= 11 is 2.40. The Hall–Kier alpha value is -1.56. The summed E-state index contributed by atoms with van der Waals surface area (Å²) in [6.07, 6.45) is 0. The van der Waals surface area contributed by atoms with Crippen LogP contribution in [0, 0.1) is 0 Å². The van der Waals surface area contributed by atoms with Gasteiger partial charge in [-0.25, -0.2) is 4.79 Å². The van der Waals surface area contributed by atoms with Gasteiger partial charge in [-0.2, -0.15) is 0 Å². The molecule has 2 amide bonds. The Morgan fingerprint density at radius 3 is 2.12 bits per heavy atom. The van der Waals surface area contributed by atoms with E-state index in [1.165, 1.54) is 11.1 Å². The number of anilines is 1. The van der Waals surface area contributed by atoms with Crippen LogP contribution in [0.5, 0.6) is 0 Å². The molecular weight excluding hydrogens is 423 g/mol. The number of halogens is 1. The standard InChI is InChI=1S/C21H27IN2O/c1-14(2)18-12-9-13-19(15(3)22)20(18)23-21(25)24(5)16(4)17-10-7-6-8-11-17/h6-16H,1-5H3,(H,23,25). The van der Waals surface area contributed by atoms with Crippen LogP contribution >= 0.6 is 22.6 Å². The SMILES string of the molecule is CC(C)c1cccc(C(C)I)c1NC(=O)N(C)C(C)c1ccccc1. The Bertz CT molecular complexity index is 687. The summed E-state index contributed by atoms with van der Waals surface area (Å²) in [5.74, 6) is 0.349. The lowest BCUT2D eigenvalue weighted by molar-refractivity contribution is 0.208. The normalized spacial score (nSPS) is 13.4. The summed E-state index contributed by atoms with van der Waals surface area (Å²) in [4.78, 5) is 14.6. The Labute approximate surface area is 165 Å². The van der Waals surface area contributed by atoms with Crippen molar-refractivity contribution in [1.82, 2.24) is 4.90 Å². The first-order valence-electron chi connectivity index (χ1n) is 8.68. The molecular formula is C21H27IN2O. The molecule has 2 aromatic carbocycles. The molecule has 2 aromatic rings. The van der Waals surface area contributed by atoms with Crippen molar-refractivity contribution in [3.05, 3.63) is 65.2 Å². The van der Waals surface area contributed by atoms with Crippen LogP contribution < -0.4 is 5.32 Å². The quantitative estimate of drug-likeness (QED) is 0.408. The summed E-state index contributed by atoms with van der Waals surface area (Å²) in [5, 5.41) is 3.17. The third kappa shape index (κ3) is 4.75. The molecule has 25 heavy (non-hydrogen) atoms. The number of urea groups is 1. The number of alkyl halides is 1. The van der Waals surface area contributed by atoms with Crippen LogP contribution in [0.25, 0.3) is 0 Å². The summed E-state index contributed by atoms with van der Waals surface area (Å²) in [7, 11) is 1.85. The number of nitrogens with one attached hydrogen (secondary N) is 1. The molecule has 0 bridgehead atoms. The maximum atomic E-state index is 12.9. The molecule has 1 N–H and O–H groups in total. The third-order valence-corrected chi connectivity index (χ3v) is 5.27. The second-order valence-corrected chi connectivity index (χ2v) is 8.58. The fraction of sp³-hybridized carbons (Fsp3) is 0.381. The number of benzene rings is 2. The van der Waals surface area contributed by atoms with Crippen molar-refractivity contribution >= 4 is 34.3 Å². The zero-order chi connectivity index (χ0) is 18.6. The van der Waals surface area contributed by atoms with Crippen molar-refractivity contribution in [3.8, 4) is 0 Å². The molecule has 134 valence electrons. The second kappa shape index (κ2) is 8.70. The van der Waals surface area contributed by atoms with E-state index < -0.39 is 0 Å². The first-order valence-corrected chi connectivity index (χ1v) is 9.93. The largest absolute Gasteiger partial charge is 0.322 e. The molecule has 0 fully saturated rings. The van der Waals surface area contributed by atoms with Gasteiger partial charge in [-0.3, -0.25) is 0 Å². The number of para-hydroxylation sites is 1. The van der Waals surface area contributed by atoms with Gasteiger partial charge in [-0.15, -0.1) is 0 Å². The maximum Gasteiger partial charge on any atom is 0.322 e. The number of hydrogen-bond donors (Lipinski definition) is 1. The van der Waals surface area contributed by atoms with E-state index in [4.69, 9.17) is 0 Å². The van der Waals surface area contributed by atoms with E-state index >= 15 is 0 Å². The average molecular weight is 450 g/mol. The number of rotatable bonds is 5. The predicted octanol–water partition coefficient (Wildman–Crippen LogP) is 6.53. The molecule has 3 nitrogen and oxygen atoms in total. The smallest absolute Gasteiger partial charge is 0.321 e. The van der Waals surface area contributed by atoms with E-state index in [1.54, 1.807) is 4.90 Å². The van der Waals surface area contributed by atoms with Crippen LogP contribution in [-0.2, 0) is 0 Å². The summed E-state index contributed by atoms with van der Waals surface area (Å²) in [6, 6.07) is 16.3. The Kier molecular flexibility index (Phi) is 6.87. The summed E-state index contributed by atoms with van der Waals surface area (Å²) in [6.45, 7) is 8.50. The highest BCUT2D eigenvalue weighted by atomic mass is 127. The average Bonchev–Trinajstić information content (AvgIpc) is 2.60. The van der Waals surface area contributed by atoms with Gasteiger partial charge in [0.1, 0.15) is 0 Å². The fourth-order valence-electron chi connectivity index (χ4n) is 2.87. The van der Waals surface area contributed by atoms with Crippen molar-refractivity contribution in [2.75, 3.05) is 12.4 Å². The van der Waals surface area contributed by atoms with Gasteiger partial charge in [0.25, 0.3) is 0 Å². The lowest BCUT2D eigenvalue weighted by Crippen LogP contribution is -2.34. The number of carbonyl (C=O) groups is 1. The van der Waals surface area contributed by atoms with Gasteiger partial charge < -0.3 is 10.2 Å². The van der Waals surface area contributed by atoms with Crippen LogP contribution in [-0.4, -0.2) is 18.0 Å². The molecule has 0 radical (unpaired) electrons. The van der Waals surface area contributed by atoms with E-state index in [9.17, 15) is 4.79 Å². The van der Waals surface area contributed by atoms with Crippen LogP contribution in [0.3, 0.4) is 0 Å². The van der Waals surface area contributed by atoms with Crippen LogP contribution in [0.15, 0.2) is 48.5 Å². The zero-order valence-corrected chi connectivity index (χ0v) is 17.7. The van der Waals surface area contributed by atoms with E-state index in [0.29, 0.717) is 9.84 Å². The molecule has 0 spiro atoms. The van der Waals surface area contributed by atoms with Gasteiger partial charge in [0.15, 0.2) is 0 Å². The number of amides is 2. The van der Waals surface area contributed by atoms with Crippen LogP contribution in [0.4, 0.5) is 10.5 Å². The lowest BCUT2D eigenvalue weighted by atomic mass is 9.96. The first kappa shape index (κ1) is 19.8. The monoisotopic (exact) mass is 450 g/mol. The van der Waals surface area contributed by atoms with E-state index in [-0.39, 0.29) is 12.1 Å². The zero-order valence-electron chi connectivity index (χ0n) is 15.6. The van der Waals surface area contributed by atoms with E-state index in [0.717, 1.165) is 11.3 Å². The molecule has 2 atom stereocenters. The Morgan fingerprint density at radius 1 is 0.960 bits per heavy atom. The minimum absolute atomic E-state index is 0.00730. The lowest BCUT2D eigenvalue weighted by Gasteiger charge is -2.27. The highest BCUT2D eigenvalue weighted by molar-refractivity contribution is 14.1. The van der Waals surface area contributed by atoms with Gasteiger partial charge >= 0.3 is 6.03 Å². The van der Waals surface area contributed by atoms with Crippen molar-refractivity contribution in [2.45, 2.75) is 43.6 Å². The second-order valence-electron chi connectivity index (χ2n) is 6.71. The molecule has 2 rings (SSSR count). The van der Waals surface area contributed by atoms with E-state index in [1.807, 2.05) is 32.2 Å². The molecule has 0 aliphatic rings. The Balaban J connectivity index is 2.28. The summed E-state index contributed by atoms with van der Waals surface area (Å²) < 4.78 is 0.323. The van der Waals surface area contributed by atoms with E-state index in [2.05, 4.69) is 79.0 Å². The highest BCUT2D eigenvalue weighted by Crippen LogP contribution is 2.35. The Morgan fingerprint density at radius 2 is 1.56 bits per heavy atom. The van der Waals surface area contributed by atoms with Crippen LogP contribution in [0.2, 0.25) is 0 Å². The molecule has 0 heterocycles. The molecule has 0 aromatic heterocycles. The molecule has 0 saturated carbocycles. The maximum absolute atomic E-state index is 12.9. The van der Waals surface area contributed by atoms with Crippen LogP contribution in [0.1, 0.15) is 60.3 Å². The van der Waals surface area contributed by atoms with Crippen molar-refractivity contribution in [3.63, 3.8) is 0 Å². The molecule has 0 saturated heterocycles. The van der Waals surface area contributed by atoms with Gasteiger partial charge in [-0.1, -0.05) is 85.0 Å². The first-order chi connectivity index (χ1) is 11.8. The molecule has 0 aliphatic heterocycles.